The zero-order valence-corrected chi connectivity index (χ0v) is 28.1. The van der Waals surface area contributed by atoms with Crippen LogP contribution in [0.3, 0.4) is 0 Å². The molecule has 0 spiro atoms. The van der Waals surface area contributed by atoms with Gasteiger partial charge in [0.15, 0.2) is 0 Å². The molecule has 0 bridgehead atoms. The second kappa shape index (κ2) is 48.3. The van der Waals surface area contributed by atoms with Crippen LogP contribution in [-0.4, -0.2) is 51.4 Å². The monoisotopic (exact) mass is 588 g/mol. The first kappa shape index (κ1) is 52.3. The van der Waals surface area contributed by atoms with Crippen molar-refractivity contribution in [3.63, 3.8) is 0 Å². The minimum absolute atomic E-state index is 0. The van der Waals surface area contributed by atoms with Gasteiger partial charge in [0.2, 0.25) is 0 Å². The molecule has 0 aromatic carbocycles. The Morgan fingerprint density at radius 1 is 0.350 bits per heavy atom. The first-order chi connectivity index (χ1) is 17.5. The van der Waals surface area contributed by atoms with Gasteiger partial charge in [-0.05, 0) is 25.7 Å². The summed E-state index contributed by atoms with van der Waals surface area (Å²) in [6, 6.07) is 0. The third kappa shape index (κ3) is 57.5. The number of unbranched alkanes of at least 4 members (excludes halogenated alkanes) is 24. The van der Waals surface area contributed by atoms with E-state index in [0.29, 0.717) is 0 Å². The van der Waals surface area contributed by atoms with Gasteiger partial charge >= 0.3 is 23.1 Å². The molecule has 0 aromatic heterocycles. The Morgan fingerprint density at radius 2 is 0.500 bits per heavy atom. The number of aliphatic carboxylic acids is 2. The van der Waals surface area contributed by atoms with E-state index < -0.39 is 11.9 Å². The van der Waals surface area contributed by atoms with Crippen LogP contribution in [0.5, 0.6) is 0 Å². The predicted octanol–water partition coefficient (Wildman–Crippen LogP) is 5.58. The van der Waals surface area contributed by atoms with Crippen LogP contribution in [0.1, 0.15) is 194 Å². The standard InChI is InChI=1S/2C16H32O2.Mg.3H2O/c2*1-2-3-4-5-6-7-8-9-10-11-12-13-14-15-16(17)18;;;;/h2*2-15H2,1H3,(H,17,18);;3*1H2/q;;+2;;;/p-2. The molecule has 0 aliphatic heterocycles. The Balaban J connectivity index is -0.000000131. The van der Waals surface area contributed by atoms with Gasteiger partial charge in [-0.25, -0.2) is 0 Å². The quantitative estimate of drug-likeness (QED) is 0.0856. The van der Waals surface area contributed by atoms with E-state index in [1.807, 2.05) is 0 Å². The molecular formula is C32H68MgO7. The molecule has 240 valence electrons. The van der Waals surface area contributed by atoms with Gasteiger partial charge in [0.25, 0.3) is 0 Å². The Labute approximate surface area is 264 Å². The maximum absolute atomic E-state index is 10.2. The summed E-state index contributed by atoms with van der Waals surface area (Å²) in [7, 11) is 0. The third-order valence-electron chi connectivity index (χ3n) is 6.97. The van der Waals surface area contributed by atoms with Crippen molar-refractivity contribution < 1.29 is 36.2 Å². The Morgan fingerprint density at radius 3 is 0.650 bits per heavy atom. The first-order valence-corrected chi connectivity index (χ1v) is 15.9. The molecule has 0 amide bonds. The number of hydrogen-bond donors (Lipinski definition) is 0. The minimum Gasteiger partial charge on any atom is -0.550 e. The summed E-state index contributed by atoms with van der Waals surface area (Å²) in [5.74, 6) is -1.81. The van der Waals surface area contributed by atoms with E-state index in [0.717, 1.165) is 25.7 Å². The Hall–Kier alpha value is -0.414. The molecule has 0 saturated heterocycles. The molecule has 6 N–H and O–H groups in total. The molecule has 0 rings (SSSR count). The molecule has 0 fully saturated rings. The topological polar surface area (TPSA) is 175 Å². The van der Waals surface area contributed by atoms with Crippen LogP contribution in [-0.2, 0) is 9.59 Å². The van der Waals surface area contributed by atoms with E-state index in [1.165, 1.54) is 141 Å². The van der Waals surface area contributed by atoms with Gasteiger partial charge in [-0.15, -0.1) is 0 Å². The van der Waals surface area contributed by atoms with Crippen LogP contribution < -0.4 is 10.2 Å². The van der Waals surface area contributed by atoms with E-state index in [9.17, 15) is 19.8 Å². The van der Waals surface area contributed by atoms with Crippen molar-refractivity contribution in [2.45, 2.75) is 194 Å². The van der Waals surface area contributed by atoms with E-state index in [1.54, 1.807) is 0 Å². The summed E-state index contributed by atoms with van der Waals surface area (Å²) in [5, 5.41) is 20.4. The summed E-state index contributed by atoms with van der Waals surface area (Å²) in [4.78, 5) is 20.4. The summed E-state index contributed by atoms with van der Waals surface area (Å²) in [6.07, 6.45) is 33.9. The summed E-state index contributed by atoms with van der Waals surface area (Å²) < 4.78 is 0. The molecule has 0 radical (unpaired) electrons. The van der Waals surface area contributed by atoms with Gasteiger partial charge in [-0.1, -0.05) is 168 Å². The fraction of sp³-hybridized carbons (Fsp3) is 0.938. The zero-order valence-electron chi connectivity index (χ0n) is 26.6. The fourth-order valence-electron chi connectivity index (χ4n) is 4.57. The van der Waals surface area contributed by atoms with E-state index in [-0.39, 0.29) is 52.3 Å². The van der Waals surface area contributed by atoms with Crippen molar-refractivity contribution >= 4 is 35.0 Å². The Kier molecular flexibility index (Phi) is 63.1. The van der Waals surface area contributed by atoms with Crippen LogP contribution in [0.4, 0.5) is 0 Å². The van der Waals surface area contributed by atoms with Crippen LogP contribution in [0.25, 0.3) is 0 Å². The summed E-state index contributed by atoms with van der Waals surface area (Å²) in [5.41, 5.74) is 0. The van der Waals surface area contributed by atoms with Gasteiger partial charge in [-0.2, -0.15) is 0 Å². The second-order valence-corrected chi connectivity index (χ2v) is 10.7. The summed E-state index contributed by atoms with van der Waals surface area (Å²) >= 11 is 0. The van der Waals surface area contributed by atoms with Crippen LogP contribution >= 0.6 is 0 Å². The summed E-state index contributed by atoms with van der Waals surface area (Å²) in [6.45, 7) is 4.51. The normalized spacial score (nSPS) is 9.65. The molecule has 0 aliphatic carbocycles. The molecule has 0 heterocycles. The molecule has 40 heavy (non-hydrogen) atoms. The minimum atomic E-state index is -0.905. The maximum atomic E-state index is 10.2. The number of carbonyl (C=O) groups excluding carboxylic acids is 2. The van der Waals surface area contributed by atoms with Gasteiger partial charge in [0, 0.05) is 11.9 Å². The van der Waals surface area contributed by atoms with Crippen LogP contribution in [0.2, 0.25) is 0 Å². The molecule has 0 atom stereocenters. The maximum Gasteiger partial charge on any atom is 2.00 e. The number of carboxylic acids is 2. The molecule has 0 saturated carbocycles. The first-order valence-electron chi connectivity index (χ1n) is 15.9. The van der Waals surface area contributed by atoms with E-state index in [4.69, 9.17) is 0 Å². The molecule has 8 heteroatoms. The number of carboxylic acid groups (broad SMARTS) is 2. The van der Waals surface area contributed by atoms with Gasteiger partial charge in [0.1, 0.15) is 0 Å². The molecular weight excluding hydrogens is 521 g/mol. The van der Waals surface area contributed by atoms with Crippen LogP contribution in [0.15, 0.2) is 0 Å². The predicted molar refractivity (Wildman–Crippen MR) is 167 cm³/mol. The average molecular weight is 589 g/mol. The molecule has 0 unspecified atom stereocenters. The fourth-order valence-corrected chi connectivity index (χ4v) is 4.57. The number of carbonyl (C=O) groups is 2. The van der Waals surface area contributed by atoms with E-state index >= 15 is 0 Å². The zero-order chi connectivity index (χ0) is 27.0. The van der Waals surface area contributed by atoms with Crippen molar-refractivity contribution in [2.75, 3.05) is 0 Å². The van der Waals surface area contributed by atoms with Crippen molar-refractivity contribution in [2.24, 2.45) is 0 Å². The van der Waals surface area contributed by atoms with Crippen molar-refractivity contribution in [1.82, 2.24) is 0 Å². The van der Waals surface area contributed by atoms with E-state index in [2.05, 4.69) is 13.8 Å². The molecule has 7 nitrogen and oxygen atoms in total. The smallest absolute Gasteiger partial charge is 0.550 e. The van der Waals surface area contributed by atoms with Gasteiger partial charge in [0.05, 0.1) is 0 Å². The average Bonchev–Trinajstić information content (AvgIpc) is 2.85. The molecule has 0 aromatic rings. The van der Waals surface area contributed by atoms with Crippen molar-refractivity contribution in [3.8, 4) is 0 Å². The SMILES string of the molecule is CCCCCCCCCCCCCCCC(=O)[O-].CCCCCCCCCCCCCCCC(=O)[O-].O.O.O.[Mg+2]. The van der Waals surface area contributed by atoms with Crippen LogP contribution in [0, 0.1) is 0 Å². The Bertz CT molecular complexity index is 411. The second-order valence-electron chi connectivity index (χ2n) is 10.7. The number of hydrogen-bond acceptors (Lipinski definition) is 4. The van der Waals surface area contributed by atoms with Crippen molar-refractivity contribution in [1.29, 1.82) is 0 Å². The largest absolute Gasteiger partial charge is 2.00 e. The van der Waals surface area contributed by atoms with Crippen molar-refractivity contribution in [3.05, 3.63) is 0 Å². The third-order valence-corrected chi connectivity index (χ3v) is 6.97. The number of rotatable bonds is 28. The molecule has 0 aliphatic rings. The van der Waals surface area contributed by atoms with Gasteiger partial charge in [-0.3, -0.25) is 0 Å². The van der Waals surface area contributed by atoms with Gasteiger partial charge < -0.3 is 36.2 Å².